The van der Waals surface area contributed by atoms with Crippen LogP contribution in [0, 0.1) is 0 Å². The molecule has 2 N–H and O–H groups in total. The first-order valence-electron chi connectivity index (χ1n) is 7.94. The maximum absolute atomic E-state index is 11.9. The zero-order chi connectivity index (χ0) is 17.5. The minimum Gasteiger partial charge on any atom is -0.378 e. The van der Waals surface area contributed by atoms with Crippen molar-refractivity contribution in [3.8, 4) is 0 Å². The van der Waals surface area contributed by atoms with Crippen molar-refractivity contribution in [3.05, 3.63) is 54.1 Å². The number of carbonyl (C=O) groups excluding carboxylic acids is 2. The summed E-state index contributed by atoms with van der Waals surface area (Å²) in [4.78, 5) is 25.9. The van der Waals surface area contributed by atoms with Crippen LogP contribution >= 0.6 is 0 Å². The quantitative estimate of drug-likeness (QED) is 0.801. The van der Waals surface area contributed by atoms with E-state index in [4.69, 9.17) is 0 Å². The van der Waals surface area contributed by atoms with Gasteiger partial charge in [0.15, 0.2) is 0 Å². The smallest absolute Gasteiger partial charge is 0.233 e. The van der Waals surface area contributed by atoms with E-state index in [1.54, 1.807) is 0 Å². The Kier molecular flexibility index (Phi) is 5.95. The molecule has 0 heterocycles. The Morgan fingerprint density at radius 2 is 1.29 bits per heavy atom. The van der Waals surface area contributed by atoms with Gasteiger partial charge in [-0.25, -0.2) is 0 Å². The van der Waals surface area contributed by atoms with Crippen molar-refractivity contribution < 1.29 is 9.59 Å². The molecule has 0 radical (unpaired) electrons. The van der Waals surface area contributed by atoms with E-state index in [9.17, 15) is 9.59 Å². The number of rotatable bonds is 6. The summed E-state index contributed by atoms with van der Waals surface area (Å²) in [6, 6.07) is 15.0. The van der Waals surface area contributed by atoms with Crippen LogP contribution in [-0.4, -0.2) is 25.9 Å². The van der Waals surface area contributed by atoms with Gasteiger partial charge in [-0.15, -0.1) is 0 Å². The molecule has 0 spiro atoms. The van der Waals surface area contributed by atoms with Crippen molar-refractivity contribution in [3.63, 3.8) is 0 Å². The maximum Gasteiger partial charge on any atom is 0.233 e. The lowest BCUT2D eigenvalue weighted by molar-refractivity contribution is -0.123. The summed E-state index contributed by atoms with van der Waals surface area (Å²) in [5, 5.41) is 5.45. The third kappa shape index (κ3) is 5.12. The zero-order valence-corrected chi connectivity index (χ0v) is 14.3. The zero-order valence-electron chi connectivity index (χ0n) is 14.3. The number of carbonyl (C=O) groups is 2. The lowest BCUT2D eigenvalue weighted by Gasteiger charge is -2.13. The van der Waals surface area contributed by atoms with Crippen LogP contribution in [0.15, 0.2) is 48.5 Å². The van der Waals surface area contributed by atoms with Crippen molar-refractivity contribution in [2.24, 2.45) is 0 Å². The van der Waals surface area contributed by atoms with Crippen LogP contribution in [0.4, 0.5) is 17.1 Å². The van der Waals surface area contributed by atoms with Gasteiger partial charge in [-0.2, -0.15) is 0 Å². The van der Waals surface area contributed by atoms with Gasteiger partial charge in [0.1, 0.15) is 6.42 Å². The number of anilines is 3. The molecule has 5 heteroatoms. The number of benzene rings is 2. The molecular weight excluding hydrogens is 302 g/mol. The van der Waals surface area contributed by atoms with Gasteiger partial charge in [0.05, 0.1) is 0 Å². The second kappa shape index (κ2) is 8.15. The minimum atomic E-state index is -0.338. The van der Waals surface area contributed by atoms with Crippen molar-refractivity contribution >= 4 is 28.9 Å². The SMILES string of the molecule is CCc1ccc(NC(=O)CC(=O)Nc2ccc(N(C)C)cc2)cc1. The van der Waals surface area contributed by atoms with E-state index in [1.165, 1.54) is 5.56 Å². The second-order valence-electron chi connectivity index (χ2n) is 5.76. The third-order valence-corrected chi connectivity index (χ3v) is 3.63. The lowest BCUT2D eigenvalue weighted by atomic mass is 10.1. The molecule has 0 aromatic heterocycles. The van der Waals surface area contributed by atoms with Gasteiger partial charge in [0.25, 0.3) is 0 Å². The average Bonchev–Trinajstić information content (AvgIpc) is 2.55. The lowest BCUT2D eigenvalue weighted by Crippen LogP contribution is -2.21. The van der Waals surface area contributed by atoms with E-state index in [-0.39, 0.29) is 18.2 Å². The Morgan fingerprint density at radius 3 is 1.71 bits per heavy atom. The molecule has 0 aliphatic rings. The molecule has 5 nitrogen and oxygen atoms in total. The number of amides is 2. The van der Waals surface area contributed by atoms with Gasteiger partial charge in [-0.05, 0) is 48.4 Å². The number of hydrogen-bond acceptors (Lipinski definition) is 3. The highest BCUT2D eigenvalue weighted by Gasteiger charge is 2.10. The van der Waals surface area contributed by atoms with E-state index in [2.05, 4.69) is 17.6 Å². The Bertz CT molecular complexity index is 692. The molecule has 0 atom stereocenters. The first-order valence-corrected chi connectivity index (χ1v) is 7.94. The second-order valence-corrected chi connectivity index (χ2v) is 5.76. The molecule has 0 aliphatic carbocycles. The molecular formula is C19H23N3O2. The highest BCUT2D eigenvalue weighted by molar-refractivity contribution is 6.08. The molecule has 0 saturated heterocycles. The average molecular weight is 325 g/mol. The highest BCUT2D eigenvalue weighted by atomic mass is 16.2. The molecule has 2 amide bonds. The Balaban J connectivity index is 1.85. The van der Waals surface area contributed by atoms with Crippen LogP contribution in [0.1, 0.15) is 18.9 Å². The largest absolute Gasteiger partial charge is 0.378 e. The van der Waals surface area contributed by atoms with E-state index < -0.39 is 0 Å². The van der Waals surface area contributed by atoms with Crippen LogP contribution in [-0.2, 0) is 16.0 Å². The predicted molar refractivity (Wildman–Crippen MR) is 98.5 cm³/mol. The van der Waals surface area contributed by atoms with Crippen LogP contribution in [0.3, 0.4) is 0 Å². The molecule has 2 aromatic carbocycles. The monoisotopic (exact) mass is 325 g/mol. The van der Waals surface area contributed by atoms with Crippen molar-refractivity contribution in [1.82, 2.24) is 0 Å². The van der Waals surface area contributed by atoms with Crippen molar-refractivity contribution in [1.29, 1.82) is 0 Å². The topological polar surface area (TPSA) is 61.4 Å². The predicted octanol–water partition coefficient (Wildman–Crippen LogP) is 3.28. The minimum absolute atomic E-state index is 0.217. The summed E-state index contributed by atoms with van der Waals surface area (Å²) < 4.78 is 0. The standard InChI is InChI=1S/C19H23N3O2/c1-4-14-5-7-15(8-6-14)20-18(23)13-19(24)21-16-9-11-17(12-10-16)22(2)3/h5-12H,4,13H2,1-3H3,(H,20,23)(H,21,24). The van der Waals surface area contributed by atoms with Crippen LogP contribution < -0.4 is 15.5 Å². The highest BCUT2D eigenvalue weighted by Crippen LogP contribution is 2.16. The van der Waals surface area contributed by atoms with Gasteiger partial charge in [0.2, 0.25) is 11.8 Å². The first kappa shape index (κ1) is 17.5. The Morgan fingerprint density at radius 1 is 0.833 bits per heavy atom. The van der Waals surface area contributed by atoms with Gasteiger partial charge >= 0.3 is 0 Å². The number of hydrogen-bond donors (Lipinski definition) is 2. The number of aryl methyl sites for hydroxylation is 1. The third-order valence-electron chi connectivity index (χ3n) is 3.63. The summed E-state index contributed by atoms with van der Waals surface area (Å²) in [7, 11) is 3.90. The Labute approximate surface area is 142 Å². The fourth-order valence-electron chi connectivity index (χ4n) is 2.22. The summed E-state index contributed by atoms with van der Waals surface area (Å²) in [5.41, 5.74) is 3.61. The number of nitrogens with one attached hydrogen (secondary N) is 2. The molecule has 0 bridgehead atoms. The normalized spacial score (nSPS) is 10.1. The molecule has 2 rings (SSSR count). The molecule has 126 valence electrons. The van der Waals surface area contributed by atoms with E-state index in [1.807, 2.05) is 67.5 Å². The van der Waals surface area contributed by atoms with Gasteiger partial charge < -0.3 is 15.5 Å². The molecule has 0 fully saturated rings. The molecule has 24 heavy (non-hydrogen) atoms. The molecule has 0 saturated carbocycles. The fraction of sp³-hybridized carbons (Fsp3) is 0.263. The van der Waals surface area contributed by atoms with Crippen LogP contribution in [0.2, 0.25) is 0 Å². The van der Waals surface area contributed by atoms with Crippen LogP contribution in [0.5, 0.6) is 0 Å². The van der Waals surface area contributed by atoms with Crippen molar-refractivity contribution in [2.45, 2.75) is 19.8 Å². The Hall–Kier alpha value is -2.82. The van der Waals surface area contributed by atoms with Gasteiger partial charge in [-0.1, -0.05) is 19.1 Å². The van der Waals surface area contributed by atoms with E-state index in [0.29, 0.717) is 11.4 Å². The van der Waals surface area contributed by atoms with Crippen molar-refractivity contribution in [2.75, 3.05) is 29.6 Å². The van der Waals surface area contributed by atoms with Crippen LogP contribution in [0.25, 0.3) is 0 Å². The first-order chi connectivity index (χ1) is 11.5. The van der Waals surface area contributed by atoms with Gasteiger partial charge in [0, 0.05) is 31.2 Å². The van der Waals surface area contributed by atoms with E-state index >= 15 is 0 Å². The summed E-state index contributed by atoms with van der Waals surface area (Å²) >= 11 is 0. The molecule has 0 unspecified atom stereocenters. The van der Waals surface area contributed by atoms with Gasteiger partial charge in [-0.3, -0.25) is 9.59 Å². The fourth-order valence-corrected chi connectivity index (χ4v) is 2.22. The molecule has 0 aliphatic heterocycles. The van der Waals surface area contributed by atoms with E-state index in [0.717, 1.165) is 12.1 Å². The summed E-state index contributed by atoms with van der Waals surface area (Å²) in [5.74, 6) is -0.669. The summed E-state index contributed by atoms with van der Waals surface area (Å²) in [6.45, 7) is 2.07. The summed E-state index contributed by atoms with van der Waals surface area (Å²) in [6.07, 6.45) is 0.730. The number of nitrogens with zero attached hydrogens (tertiary/aromatic N) is 1. The molecule has 2 aromatic rings. The maximum atomic E-state index is 11.9.